The van der Waals surface area contributed by atoms with Gasteiger partial charge < -0.3 is 59.2 Å². The molecule has 5 heterocycles. The maximum atomic E-state index is 12.4. The van der Waals surface area contributed by atoms with Gasteiger partial charge >= 0.3 is 0 Å². The Balaban J connectivity index is 0.000000121. The summed E-state index contributed by atoms with van der Waals surface area (Å²) < 4.78 is 11.6. The third kappa shape index (κ3) is 18.4. The predicted molar refractivity (Wildman–Crippen MR) is 548 cm³/mol. The summed E-state index contributed by atoms with van der Waals surface area (Å²) in [6.45, 7) is 44.6. The molecule has 10 aromatic carbocycles. The molecule has 20 rings (SSSR count). The molecule has 0 fully saturated rings. The number of nitrogens with one attached hydrogen (secondary N) is 4. The van der Waals surface area contributed by atoms with Crippen LogP contribution >= 0.6 is 0 Å². The van der Waals surface area contributed by atoms with E-state index in [0.29, 0.717) is 54.2 Å². The van der Waals surface area contributed by atoms with Crippen molar-refractivity contribution >= 4 is 166 Å². The number of fused-ring (bicyclic) bond motifs is 25. The van der Waals surface area contributed by atoms with E-state index in [1.807, 2.05) is 61.1 Å². The molecule has 19 nitrogen and oxygen atoms in total. The Labute approximate surface area is 779 Å². The van der Waals surface area contributed by atoms with Gasteiger partial charge in [-0.25, -0.2) is 0 Å². The minimum Gasteiger partial charge on any atom is -0.507 e. The molecule has 0 bridgehead atoms. The zero-order valence-electron chi connectivity index (χ0n) is 79.9. The number of hydrogen-bond acceptors (Lipinski definition) is 14. The van der Waals surface area contributed by atoms with Gasteiger partial charge in [-0.3, -0.25) is 33.6 Å². The lowest BCUT2D eigenvalue weighted by Gasteiger charge is -2.12. The number of benzene rings is 10. The zero-order chi connectivity index (χ0) is 94.2. The second kappa shape index (κ2) is 39.7. The molecular weight excluding hydrogens is 1650 g/mol. The molecule has 0 spiro atoms. The van der Waals surface area contributed by atoms with E-state index in [9.17, 15) is 43.8 Å². The summed E-state index contributed by atoms with van der Waals surface area (Å²) >= 11 is 0. The van der Waals surface area contributed by atoms with Gasteiger partial charge in [0.2, 0.25) is 0 Å². The van der Waals surface area contributed by atoms with Crippen molar-refractivity contribution in [2.45, 2.75) is 211 Å². The molecule has 5 aliphatic rings. The fourth-order valence-corrected chi connectivity index (χ4v) is 21.2. The van der Waals surface area contributed by atoms with Crippen molar-refractivity contribution in [3.05, 3.63) is 243 Å². The van der Waals surface area contributed by atoms with E-state index in [1.165, 1.54) is 147 Å². The van der Waals surface area contributed by atoms with Crippen molar-refractivity contribution in [1.82, 2.24) is 49.0 Å². The first-order chi connectivity index (χ1) is 64.0. The zero-order valence-corrected chi connectivity index (χ0v) is 79.9. The van der Waals surface area contributed by atoms with Crippen LogP contribution in [0.3, 0.4) is 0 Å². The lowest BCUT2D eigenvalue weighted by Crippen LogP contribution is -2.26. The number of aromatic hydroxyl groups is 2. The summed E-state index contributed by atoms with van der Waals surface area (Å²) in [6.07, 6.45) is 13.6. The second-order valence-corrected chi connectivity index (χ2v) is 37.8. The van der Waals surface area contributed by atoms with Gasteiger partial charge in [0.1, 0.15) is 11.5 Å². The number of Topliss-reactive ketones (excluding diaryl/α,β-unsaturated/α-hetero) is 7. The first-order valence-corrected chi connectivity index (χ1v) is 48.0. The number of hydrogen-bond donors (Lipinski definition) is 6. The average molecular weight is 1780 g/mol. The normalized spacial score (nSPS) is 13.8. The van der Waals surface area contributed by atoms with Gasteiger partial charge in [0.15, 0.2) is 40.5 Å². The minimum atomic E-state index is -0.228. The standard InChI is InChI=1S/2C24H26N2O.C24H28N2O.C21H24N2O4.C21H24N2O2/c1-14(2)25-12-13-26-20-9-6-16-15(3)4-5-18(16)23(20)24-19-8-11-22(27)17(19)7-10-21(24)26;1-3-25-13-4-14-26-20-10-7-16-15(2)5-6-18(16)23(20)24-19-9-12-22(27)17(19)8-11-21(24)26;1-4-12-25-13-5-14-26-22-10-7-18(17(3)27)15-21(22)24-20-8-6-16(2)19(20)9-11-23(24)26;1-12(24)14-8-16-17-9-15(13(2)25)21(27)11-19(17)23(7-5-6-22(3)4)18(16)10-20(14)26;1-13(2)22-9-10-23-20-7-5-16(14(3)24)11-18(20)19-12-17(15(4)25)6-8-21(19)23/h6-7,9-10,14,25H,3-5,8,11-13H2,1-2H3;7-8,10-11,25H,2-6,9,12-14H2,1H3;7,9-11,15,25H,2,4-6,8,12-14H2,1,3H3;8-11,26-27H,5-7H2,1-4H3;5-8,11-13,22H,9-10H2,1-4H3. The van der Waals surface area contributed by atoms with Crippen LogP contribution in [0.4, 0.5) is 0 Å². The Hall–Kier alpha value is -12.5. The van der Waals surface area contributed by atoms with Crippen molar-refractivity contribution in [1.29, 1.82) is 0 Å². The number of ketones is 7. The van der Waals surface area contributed by atoms with Gasteiger partial charge in [-0.1, -0.05) is 79.5 Å². The van der Waals surface area contributed by atoms with Gasteiger partial charge in [-0.2, -0.15) is 0 Å². The number of aryl methyl sites for hydroxylation is 8. The highest BCUT2D eigenvalue weighted by molar-refractivity contribution is 6.21. The van der Waals surface area contributed by atoms with Crippen LogP contribution in [0.15, 0.2) is 159 Å². The summed E-state index contributed by atoms with van der Waals surface area (Å²) in [5.41, 5.74) is 30.5. The van der Waals surface area contributed by atoms with Crippen molar-refractivity contribution < 1.29 is 43.8 Å². The smallest absolute Gasteiger partial charge is 0.163 e. The first kappa shape index (κ1) is 93.7. The first-order valence-electron chi connectivity index (χ1n) is 48.0. The monoisotopic (exact) mass is 1780 g/mol. The molecule has 5 aliphatic carbocycles. The highest BCUT2D eigenvalue weighted by atomic mass is 16.3. The number of rotatable bonds is 28. The maximum absolute atomic E-state index is 12.4. The van der Waals surface area contributed by atoms with Crippen molar-refractivity contribution in [3.63, 3.8) is 0 Å². The Morgan fingerprint density at radius 1 is 0.346 bits per heavy atom. The second-order valence-electron chi connectivity index (χ2n) is 37.8. The molecule has 0 saturated heterocycles. The van der Waals surface area contributed by atoms with Gasteiger partial charge in [0.25, 0.3) is 0 Å². The van der Waals surface area contributed by atoms with Crippen molar-refractivity contribution in [3.8, 4) is 11.5 Å². The average Bonchev–Trinajstić information content (AvgIpc) is 1.59. The van der Waals surface area contributed by atoms with E-state index >= 15 is 0 Å². The molecule has 0 unspecified atom stereocenters. The molecule has 688 valence electrons. The quantitative estimate of drug-likeness (QED) is 0.0198. The third-order valence-electron chi connectivity index (χ3n) is 27.8. The van der Waals surface area contributed by atoms with E-state index < -0.39 is 0 Å². The van der Waals surface area contributed by atoms with E-state index in [4.69, 9.17) is 0 Å². The largest absolute Gasteiger partial charge is 0.507 e. The minimum absolute atomic E-state index is 0.0481. The van der Waals surface area contributed by atoms with Gasteiger partial charge in [0.05, 0.1) is 22.2 Å². The Bertz CT molecular complexity index is 6980. The molecule has 0 saturated carbocycles. The summed E-state index contributed by atoms with van der Waals surface area (Å²) in [6, 6.07) is 47.3. The van der Waals surface area contributed by atoms with Gasteiger partial charge in [-0.05, 0) is 329 Å². The molecule has 6 N–H and O–H groups in total. The fraction of sp³-hybridized carbons (Fsp3) is 0.360. The van der Waals surface area contributed by atoms with Gasteiger partial charge in [-0.15, -0.1) is 0 Å². The molecule has 5 aromatic heterocycles. The van der Waals surface area contributed by atoms with Crippen LogP contribution in [0.25, 0.3) is 126 Å². The number of aromatic nitrogens is 5. The van der Waals surface area contributed by atoms with Crippen molar-refractivity contribution in [2.75, 3.05) is 59.9 Å². The predicted octanol–water partition coefficient (Wildman–Crippen LogP) is 22.9. The van der Waals surface area contributed by atoms with E-state index in [1.54, 1.807) is 45.0 Å². The molecule has 0 radical (unpaired) electrons. The summed E-state index contributed by atoms with van der Waals surface area (Å²) in [4.78, 5) is 86.0. The Morgan fingerprint density at radius 2 is 0.662 bits per heavy atom. The van der Waals surface area contributed by atoms with Crippen LogP contribution in [0.5, 0.6) is 11.5 Å². The molecule has 0 atom stereocenters. The molecule has 19 heteroatoms. The molecule has 0 amide bonds. The summed E-state index contributed by atoms with van der Waals surface area (Å²) in [5.74, 6) is 0.230. The Morgan fingerprint density at radius 3 is 1.05 bits per heavy atom. The topological polar surface area (TPSA) is 236 Å². The highest BCUT2D eigenvalue weighted by Crippen LogP contribution is 2.48. The van der Waals surface area contributed by atoms with E-state index in [0.717, 1.165) is 203 Å². The number of nitrogens with zero attached hydrogens (tertiary/aromatic N) is 6. The molecule has 15 aromatic rings. The van der Waals surface area contributed by atoms with Crippen molar-refractivity contribution in [2.24, 2.45) is 0 Å². The lowest BCUT2D eigenvalue weighted by molar-refractivity contribution is 0.0986. The fourth-order valence-electron chi connectivity index (χ4n) is 21.2. The number of phenolic OH excluding ortho intramolecular Hbond substituents is 2. The van der Waals surface area contributed by atoms with E-state index in [2.05, 4.69) is 179 Å². The SMILES string of the molecule is C=C1CCc2c1ccc1c2c2c3c(ccc2n1CCCNCC)C(=O)CC3.C=C1CCc2c1ccc1c2c2c3c(ccc2n1CCNC(C)C)C(=O)CC3.C=C1CCc2c1ccc1c2c2cc(C(C)=O)ccc2n1CCCNCCC.CC(=O)c1cc2c3cc(C(C)=O)c(O)cc3n(CCCN(C)C)c2cc1O.CC(=O)c1ccc2c(c1)c1cc(C(C)=O)ccc1n2CCNC(C)C. The van der Waals surface area contributed by atoms with E-state index in [-0.39, 0.29) is 51.5 Å². The molecule has 133 heavy (non-hydrogen) atoms. The number of carbonyl (C=O) groups excluding carboxylic acids is 7. The highest BCUT2D eigenvalue weighted by Gasteiger charge is 2.32. The Kier molecular flexibility index (Phi) is 28.0. The van der Waals surface area contributed by atoms with Crippen LogP contribution in [0.1, 0.15) is 251 Å². The van der Waals surface area contributed by atoms with Crippen LogP contribution in [0, 0.1) is 0 Å². The van der Waals surface area contributed by atoms with Gasteiger partial charge in [0, 0.05) is 209 Å². The maximum Gasteiger partial charge on any atom is 0.163 e. The number of carbonyl (C=O) groups is 7. The number of phenols is 2. The lowest BCUT2D eigenvalue weighted by atomic mass is 9.97. The van der Waals surface area contributed by atoms with Crippen LogP contribution in [0.2, 0.25) is 0 Å². The molecular formula is C114H128N10O9. The molecule has 0 aliphatic heterocycles. The van der Waals surface area contributed by atoms with Crippen LogP contribution < -0.4 is 21.3 Å². The van der Waals surface area contributed by atoms with Crippen LogP contribution in [-0.4, -0.2) is 150 Å². The van der Waals surface area contributed by atoms with Crippen LogP contribution in [-0.2, 0) is 64.8 Å². The third-order valence-corrected chi connectivity index (χ3v) is 27.8. The summed E-state index contributed by atoms with van der Waals surface area (Å²) in [5, 5.41) is 46.1. The summed E-state index contributed by atoms with van der Waals surface area (Å²) in [7, 11) is 4.00. The number of allylic oxidation sites excluding steroid dienone is 3.